The summed E-state index contributed by atoms with van der Waals surface area (Å²) in [7, 11) is 0. The molecular formula is C10H15N3O4. The normalized spacial score (nSPS) is 22.7. The van der Waals surface area contributed by atoms with Gasteiger partial charge in [-0.2, -0.15) is 0 Å². The Morgan fingerprint density at radius 2 is 1.82 bits per heavy atom. The molecule has 2 atom stereocenters. The van der Waals surface area contributed by atoms with Gasteiger partial charge in [0.05, 0.1) is 0 Å². The molecule has 0 aromatic carbocycles. The van der Waals surface area contributed by atoms with Crippen LogP contribution in [0.25, 0.3) is 0 Å². The maximum Gasteiger partial charge on any atom is 0.331 e. The van der Waals surface area contributed by atoms with Crippen LogP contribution in [0.5, 0.6) is 0 Å². The van der Waals surface area contributed by atoms with Gasteiger partial charge in [-0.25, -0.2) is 4.79 Å². The third-order valence-corrected chi connectivity index (χ3v) is 2.70. The fourth-order valence-corrected chi connectivity index (χ4v) is 1.69. The van der Waals surface area contributed by atoms with Crippen LogP contribution in [0.4, 0.5) is 4.79 Å². The van der Waals surface area contributed by atoms with E-state index >= 15 is 0 Å². The summed E-state index contributed by atoms with van der Waals surface area (Å²) in [6, 6.07) is -1.97. The number of nitrogens with one attached hydrogen (secondary N) is 1. The number of urea groups is 1. The van der Waals surface area contributed by atoms with Crippen LogP contribution < -0.4 is 11.1 Å². The monoisotopic (exact) mass is 241 g/mol. The molecule has 0 aliphatic carbocycles. The lowest BCUT2D eigenvalue weighted by Crippen LogP contribution is -2.63. The Bertz CT molecular complexity index is 391. The van der Waals surface area contributed by atoms with Crippen molar-refractivity contribution in [2.45, 2.75) is 26.8 Å². The minimum Gasteiger partial charge on any atom is -0.368 e. The molecule has 1 fully saturated rings. The molecule has 1 rings (SSSR count). The summed E-state index contributed by atoms with van der Waals surface area (Å²) in [5.41, 5.74) is 5.05. The third-order valence-electron chi connectivity index (χ3n) is 2.70. The van der Waals surface area contributed by atoms with E-state index in [0.717, 1.165) is 0 Å². The highest BCUT2D eigenvalue weighted by atomic mass is 16.2. The minimum absolute atomic E-state index is 0.266. The van der Waals surface area contributed by atoms with Gasteiger partial charge in [0.2, 0.25) is 17.7 Å². The highest BCUT2D eigenvalue weighted by Gasteiger charge is 2.44. The van der Waals surface area contributed by atoms with Gasteiger partial charge in [0.25, 0.3) is 0 Å². The molecule has 2 unspecified atom stereocenters. The summed E-state index contributed by atoms with van der Waals surface area (Å²) in [5.74, 6) is -3.35. The second-order valence-corrected chi connectivity index (χ2v) is 4.30. The van der Waals surface area contributed by atoms with Gasteiger partial charge in [-0.05, 0) is 12.8 Å². The molecule has 94 valence electrons. The molecule has 0 bridgehead atoms. The van der Waals surface area contributed by atoms with Gasteiger partial charge in [-0.1, -0.05) is 13.8 Å². The Balaban J connectivity index is 3.06. The number of imide groups is 2. The van der Waals surface area contributed by atoms with Gasteiger partial charge in [0, 0.05) is 0 Å². The summed E-state index contributed by atoms with van der Waals surface area (Å²) in [6.07, 6.45) is 0. The minimum atomic E-state index is -1.07. The van der Waals surface area contributed by atoms with Crippen molar-refractivity contribution in [2.75, 3.05) is 0 Å². The summed E-state index contributed by atoms with van der Waals surface area (Å²) in [5, 5.41) is 2.05. The van der Waals surface area contributed by atoms with Crippen molar-refractivity contribution >= 4 is 23.8 Å². The van der Waals surface area contributed by atoms with Gasteiger partial charge >= 0.3 is 6.03 Å². The first-order valence-corrected chi connectivity index (χ1v) is 5.24. The number of nitrogens with zero attached hydrogens (tertiary/aromatic N) is 1. The zero-order valence-corrected chi connectivity index (χ0v) is 9.89. The van der Waals surface area contributed by atoms with Crippen molar-refractivity contribution in [3.8, 4) is 0 Å². The topological polar surface area (TPSA) is 110 Å². The van der Waals surface area contributed by atoms with Crippen LogP contribution >= 0.6 is 0 Å². The largest absolute Gasteiger partial charge is 0.368 e. The summed E-state index contributed by atoms with van der Waals surface area (Å²) < 4.78 is 0. The number of amides is 5. The second-order valence-electron chi connectivity index (χ2n) is 4.30. The molecular weight excluding hydrogens is 226 g/mol. The van der Waals surface area contributed by atoms with Crippen LogP contribution in [0.15, 0.2) is 0 Å². The first kappa shape index (κ1) is 13.1. The Morgan fingerprint density at radius 3 is 2.24 bits per heavy atom. The van der Waals surface area contributed by atoms with Crippen LogP contribution in [-0.2, 0) is 14.4 Å². The molecule has 0 radical (unpaired) electrons. The number of nitrogens with two attached hydrogens (primary N) is 1. The van der Waals surface area contributed by atoms with Crippen molar-refractivity contribution in [1.29, 1.82) is 0 Å². The van der Waals surface area contributed by atoms with E-state index < -0.39 is 35.7 Å². The van der Waals surface area contributed by atoms with E-state index in [9.17, 15) is 19.2 Å². The lowest BCUT2D eigenvalue weighted by molar-refractivity contribution is -0.148. The summed E-state index contributed by atoms with van der Waals surface area (Å²) in [6.45, 7) is 4.71. The first-order chi connectivity index (χ1) is 7.77. The van der Waals surface area contributed by atoms with E-state index in [-0.39, 0.29) is 5.92 Å². The molecule has 7 heteroatoms. The number of carbonyl (C=O) groups excluding carboxylic acids is 4. The van der Waals surface area contributed by atoms with Crippen molar-refractivity contribution in [2.24, 2.45) is 17.6 Å². The van der Waals surface area contributed by atoms with Crippen LogP contribution in [0.2, 0.25) is 0 Å². The van der Waals surface area contributed by atoms with Crippen LogP contribution in [0, 0.1) is 11.8 Å². The number of primary amides is 1. The molecule has 0 aromatic heterocycles. The average molecular weight is 241 g/mol. The van der Waals surface area contributed by atoms with Crippen LogP contribution in [0.3, 0.4) is 0 Å². The highest BCUT2D eigenvalue weighted by molar-refractivity contribution is 6.17. The summed E-state index contributed by atoms with van der Waals surface area (Å²) in [4.78, 5) is 46.7. The maximum atomic E-state index is 12.0. The molecule has 1 saturated heterocycles. The lowest BCUT2D eigenvalue weighted by atomic mass is 9.91. The Kier molecular flexibility index (Phi) is 3.50. The quantitative estimate of drug-likeness (QED) is 0.631. The van der Waals surface area contributed by atoms with Gasteiger partial charge in [-0.15, -0.1) is 0 Å². The van der Waals surface area contributed by atoms with Gasteiger partial charge in [-0.3, -0.25) is 24.6 Å². The number of barbiturate groups is 1. The van der Waals surface area contributed by atoms with Crippen LogP contribution in [-0.4, -0.2) is 34.7 Å². The molecule has 17 heavy (non-hydrogen) atoms. The predicted octanol–water partition coefficient (Wildman–Crippen LogP) is -0.789. The smallest absolute Gasteiger partial charge is 0.331 e. The standard InChI is InChI=1S/C10H15N3O4/c1-4(2)6-8(15)12-10(17)13(9(6)16)5(3)7(11)14/h4-6H,1-3H3,(H2,11,14)(H,12,15,17). The number of rotatable bonds is 3. The van der Waals surface area contributed by atoms with Crippen molar-refractivity contribution < 1.29 is 19.2 Å². The van der Waals surface area contributed by atoms with E-state index in [1.807, 2.05) is 5.32 Å². The van der Waals surface area contributed by atoms with E-state index in [4.69, 9.17) is 5.73 Å². The number of hydrogen-bond donors (Lipinski definition) is 2. The molecule has 0 saturated carbocycles. The third kappa shape index (κ3) is 2.27. The average Bonchev–Trinajstić information content (AvgIpc) is 2.15. The highest BCUT2D eigenvalue weighted by Crippen LogP contribution is 2.20. The Labute approximate surface area is 98.3 Å². The van der Waals surface area contributed by atoms with Crippen molar-refractivity contribution in [3.05, 3.63) is 0 Å². The van der Waals surface area contributed by atoms with E-state index in [1.165, 1.54) is 6.92 Å². The molecule has 3 N–H and O–H groups in total. The first-order valence-electron chi connectivity index (χ1n) is 5.24. The maximum absolute atomic E-state index is 12.0. The van der Waals surface area contributed by atoms with E-state index in [0.29, 0.717) is 4.90 Å². The van der Waals surface area contributed by atoms with Crippen molar-refractivity contribution in [3.63, 3.8) is 0 Å². The molecule has 7 nitrogen and oxygen atoms in total. The van der Waals surface area contributed by atoms with Gasteiger partial charge in [0.1, 0.15) is 12.0 Å². The van der Waals surface area contributed by atoms with E-state index in [2.05, 4.69) is 0 Å². The van der Waals surface area contributed by atoms with Gasteiger partial charge in [0.15, 0.2) is 0 Å². The fourth-order valence-electron chi connectivity index (χ4n) is 1.69. The second kappa shape index (κ2) is 4.52. The molecule has 0 aromatic rings. The predicted molar refractivity (Wildman–Crippen MR) is 57.4 cm³/mol. The molecule has 0 spiro atoms. The summed E-state index contributed by atoms with van der Waals surface area (Å²) >= 11 is 0. The molecule has 1 heterocycles. The zero-order chi connectivity index (χ0) is 13.3. The van der Waals surface area contributed by atoms with Gasteiger partial charge < -0.3 is 5.73 Å². The van der Waals surface area contributed by atoms with Crippen LogP contribution in [0.1, 0.15) is 20.8 Å². The Morgan fingerprint density at radius 1 is 1.29 bits per heavy atom. The SMILES string of the molecule is CC(C)C1C(=O)NC(=O)N(C(C)C(N)=O)C1=O. The fraction of sp³-hybridized carbons (Fsp3) is 0.600. The lowest BCUT2D eigenvalue weighted by Gasteiger charge is -2.34. The van der Waals surface area contributed by atoms with E-state index in [1.54, 1.807) is 13.8 Å². The molecule has 5 amide bonds. The molecule has 1 aliphatic heterocycles. The number of hydrogen-bond acceptors (Lipinski definition) is 4. The zero-order valence-electron chi connectivity index (χ0n) is 9.89. The Hall–Kier alpha value is -1.92. The molecule has 1 aliphatic rings. The number of carbonyl (C=O) groups is 4. The van der Waals surface area contributed by atoms with Crippen molar-refractivity contribution in [1.82, 2.24) is 10.2 Å².